The van der Waals surface area contributed by atoms with Crippen molar-refractivity contribution in [3.8, 4) is 0 Å². The predicted molar refractivity (Wildman–Crippen MR) is 95.4 cm³/mol. The van der Waals surface area contributed by atoms with Gasteiger partial charge in [0.05, 0.1) is 24.1 Å². The van der Waals surface area contributed by atoms with Gasteiger partial charge in [0, 0.05) is 6.04 Å². The lowest BCUT2D eigenvalue weighted by Crippen LogP contribution is -2.44. The second-order valence-corrected chi connectivity index (χ2v) is 6.73. The third-order valence-corrected chi connectivity index (χ3v) is 5.31. The summed E-state index contributed by atoms with van der Waals surface area (Å²) in [5.74, 6) is 0.274. The smallest absolute Gasteiger partial charge is 0.165 e. The molecule has 1 aromatic carbocycles. The van der Waals surface area contributed by atoms with Gasteiger partial charge in [0.25, 0.3) is 0 Å². The number of aliphatic hydroxyl groups excluding tert-OH is 1. The molecule has 2 aliphatic rings. The van der Waals surface area contributed by atoms with Gasteiger partial charge in [-0.1, -0.05) is 35.5 Å². The Morgan fingerprint density at radius 1 is 1.12 bits per heavy atom. The van der Waals surface area contributed by atoms with Gasteiger partial charge in [-0.3, -0.25) is 0 Å². The van der Waals surface area contributed by atoms with Gasteiger partial charge in [0.1, 0.15) is 11.8 Å². The Kier molecular flexibility index (Phi) is 3.39. The Morgan fingerprint density at radius 3 is 2.81 bits per heavy atom. The van der Waals surface area contributed by atoms with Gasteiger partial charge in [0.15, 0.2) is 17.6 Å². The number of hydrogen-bond acceptors (Lipinski definition) is 7. The molecule has 1 saturated carbocycles. The molecule has 8 heteroatoms. The van der Waals surface area contributed by atoms with Crippen LogP contribution in [0.15, 0.2) is 48.1 Å². The van der Waals surface area contributed by atoms with E-state index in [2.05, 4.69) is 20.1 Å². The van der Waals surface area contributed by atoms with Crippen molar-refractivity contribution in [3.05, 3.63) is 48.5 Å². The van der Waals surface area contributed by atoms with Crippen molar-refractivity contribution in [2.45, 2.75) is 31.1 Å². The lowest BCUT2D eigenvalue weighted by atomic mass is 9.76. The molecular weight excluding hydrogens is 332 g/mol. The summed E-state index contributed by atoms with van der Waals surface area (Å²) in [7, 11) is 0. The van der Waals surface area contributed by atoms with Crippen molar-refractivity contribution < 1.29 is 9.94 Å². The Balaban J connectivity index is 1.61. The van der Waals surface area contributed by atoms with E-state index in [1.54, 1.807) is 6.33 Å². The highest BCUT2D eigenvalue weighted by Crippen LogP contribution is 2.42. The Hall–Kier alpha value is -3.00. The summed E-state index contributed by atoms with van der Waals surface area (Å²) in [4.78, 5) is 18.4. The molecule has 2 aromatic heterocycles. The third-order valence-electron chi connectivity index (χ3n) is 5.31. The fourth-order valence-corrected chi connectivity index (χ4v) is 4.07. The number of aliphatic hydroxyl groups is 1. The van der Waals surface area contributed by atoms with Crippen LogP contribution in [0, 0.1) is 5.92 Å². The lowest BCUT2D eigenvalue weighted by molar-refractivity contribution is -0.0673. The fraction of sp³-hybridized carbons (Fsp3) is 0.333. The highest BCUT2D eigenvalue weighted by Gasteiger charge is 2.48. The normalized spacial score (nSPS) is 27.8. The van der Waals surface area contributed by atoms with Crippen LogP contribution in [0.25, 0.3) is 11.2 Å². The summed E-state index contributed by atoms with van der Waals surface area (Å²) in [6, 6.07) is 9.95. The van der Waals surface area contributed by atoms with Crippen molar-refractivity contribution in [1.82, 2.24) is 19.5 Å². The third kappa shape index (κ3) is 2.19. The van der Waals surface area contributed by atoms with Crippen molar-refractivity contribution in [3.63, 3.8) is 0 Å². The van der Waals surface area contributed by atoms with Crippen molar-refractivity contribution >= 4 is 22.7 Å². The highest BCUT2D eigenvalue weighted by molar-refractivity contribution is 6.03. The summed E-state index contributed by atoms with van der Waals surface area (Å²) < 4.78 is 2.02. The summed E-state index contributed by atoms with van der Waals surface area (Å²) in [5, 5.41) is 14.8. The largest absolute Gasteiger partial charge is 0.389 e. The number of oxime groups is 1. The molecule has 3 N–H and O–H groups in total. The van der Waals surface area contributed by atoms with Crippen LogP contribution in [0.4, 0.5) is 5.82 Å². The number of hydrogen-bond donors (Lipinski definition) is 2. The number of nitrogens with zero attached hydrogens (tertiary/aromatic N) is 5. The highest BCUT2D eigenvalue weighted by atomic mass is 16.7. The molecule has 1 aliphatic heterocycles. The van der Waals surface area contributed by atoms with Gasteiger partial charge < -0.3 is 20.2 Å². The molecule has 1 aliphatic carbocycles. The van der Waals surface area contributed by atoms with E-state index in [9.17, 15) is 5.11 Å². The summed E-state index contributed by atoms with van der Waals surface area (Å²) in [6.45, 7) is 0. The molecule has 8 nitrogen and oxygen atoms in total. The number of anilines is 1. The van der Waals surface area contributed by atoms with E-state index in [0.29, 0.717) is 23.4 Å². The molecule has 4 atom stereocenters. The molecule has 3 aromatic rings. The van der Waals surface area contributed by atoms with Crippen molar-refractivity contribution in [2.75, 3.05) is 5.73 Å². The van der Waals surface area contributed by atoms with Crippen LogP contribution in [-0.2, 0) is 4.84 Å². The molecule has 132 valence electrons. The van der Waals surface area contributed by atoms with Crippen LogP contribution in [0.1, 0.15) is 24.4 Å². The maximum atomic E-state index is 10.4. The van der Waals surface area contributed by atoms with Gasteiger partial charge in [-0.15, -0.1) is 0 Å². The van der Waals surface area contributed by atoms with E-state index in [4.69, 9.17) is 10.6 Å². The summed E-state index contributed by atoms with van der Waals surface area (Å²) >= 11 is 0. The summed E-state index contributed by atoms with van der Waals surface area (Å²) in [6.07, 6.45) is 3.67. The number of aromatic nitrogens is 4. The number of nitrogen functional groups attached to an aromatic ring is 1. The molecule has 0 amide bonds. The van der Waals surface area contributed by atoms with E-state index >= 15 is 0 Å². The molecule has 0 unspecified atom stereocenters. The number of fused-ring (bicyclic) bond motifs is 2. The van der Waals surface area contributed by atoms with Gasteiger partial charge in [-0.05, 0) is 18.4 Å². The number of nitrogens with two attached hydrogens (primary N) is 1. The Morgan fingerprint density at radius 2 is 1.96 bits per heavy atom. The van der Waals surface area contributed by atoms with E-state index < -0.39 is 6.10 Å². The standard InChI is InChI=1S/C18H18N6O2/c19-17-15-18(21-8-20-17)24(9-22-15)11-6-7-12(25)16-13(11)14(23-26-16)10-4-2-1-3-5-10/h1-5,8-9,11-13,16,25H,6-7H2,(H2,19,20,21)/t11-,12+,13-,16-/m1/s1. The lowest BCUT2D eigenvalue weighted by Gasteiger charge is -2.36. The molecule has 5 rings (SSSR count). The van der Waals surface area contributed by atoms with E-state index in [1.807, 2.05) is 34.9 Å². The van der Waals surface area contributed by atoms with Crippen LogP contribution >= 0.6 is 0 Å². The second-order valence-electron chi connectivity index (χ2n) is 6.73. The maximum absolute atomic E-state index is 10.4. The predicted octanol–water partition coefficient (Wildman–Crippen LogP) is 1.52. The molecule has 0 bridgehead atoms. The first-order valence-corrected chi connectivity index (χ1v) is 8.64. The molecule has 0 radical (unpaired) electrons. The summed E-state index contributed by atoms with van der Waals surface area (Å²) in [5.41, 5.74) is 9.06. The zero-order chi connectivity index (χ0) is 17.7. The van der Waals surface area contributed by atoms with Crippen LogP contribution in [0.5, 0.6) is 0 Å². The van der Waals surface area contributed by atoms with Crippen LogP contribution in [0.3, 0.4) is 0 Å². The van der Waals surface area contributed by atoms with Gasteiger partial charge >= 0.3 is 0 Å². The zero-order valence-corrected chi connectivity index (χ0v) is 13.9. The first kappa shape index (κ1) is 15.3. The van der Waals surface area contributed by atoms with Crippen LogP contribution in [-0.4, -0.2) is 42.5 Å². The minimum Gasteiger partial charge on any atom is -0.389 e. The fourth-order valence-electron chi connectivity index (χ4n) is 4.07. The quantitative estimate of drug-likeness (QED) is 0.725. The Labute approximate surface area is 149 Å². The molecule has 0 spiro atoms. The van der Waals surface area contributed by atoms with Crippen LogP contribution in [0.2, 0.25) is 0 Å². The van der Waals surface area contributed by atoms with Gasteiger partial charge in [0.2, 0.25) is 0 Å². The monoisotopic (exact) mass is 350 g/mol. The minimum atomic E-state index is -0.546. The molecule has 1 fully saturated rings. The molecular formula is C18H18N6O2. The van der Waals surface area contributed by atoms with E-state index in [0.717, 1.165) is 17.7 Å². The zero-order valence-electron chi connectivity index (χ0n) is 13.9. The number of imidazole rings is 1. The van der Waals surface area contributed by atoms with E-state index in [-0.39, 0.29) is 18.1 Å². The number of benzene rings is 1. The first-order chi connectivity index (χ1) is 12.7. The average Bonchev–Trinajstić information content (AvgIpc) is 3.29. The second kappa shape index (κ2) is 5.77. The average molecular weight is 350 g/mol. The topological polar surface area (TPSA) is 111 Å². The number of rotatable bonds is 2. The van der Waals surface area contributed by atoms with E-state index in [1.165, 1.54) is 6.33 Å². The minimum absolute atomic E-state index is 0.0177. The van der Waals surface area contributed by atoms with Crippen LogP contribution < -0.4 is 5.73 Å². The molecule has 26 heavy (non-hydrogen) atoms. The molecule has 0 saturated heterocycles. The maximum Gasteiger partial charge on any atom is 0.165 e. The first-order valence-electron chi connectivity index (χ1n) is 8.64. The SMILES string of the molecule is Nc1ncnc2c1ncn2[C@@H]1CC[C@H](O)[C@H]2ON=C(c3ccccc3)[C@H]21. The molecule has 3 heterocycles. The van der Waals surface area contributed by atoms with Gasteiger partial charge in [-0.2, -0.15) is 0 Å². The van der Waals surface area contributed by atoms with Crippen molar-refractivity contribution in [1.29, 1.82) is 0 Å². The van der Waals surface area contributed by atoms with Crippen molar-refractivity contribution in [2.24, 2.45) is 11.1 Å². The Bertz CT molecular complexity index is 986. The van der Waals surface area contributed by atoms with Gasteiger partial charge in [-0.25, -0.2) is 15.0 Å².